The molecule has 1 saturated carbocycles. The average Bonchev–Trinajstić information content (AvgIpc) is 2.87. The Morgan fingerprint density at radius 1 is 0.919 bits per heavy atom. The Hall–Kier alpha value is -2.58. The van der Waals surface area contributed by atoms with Crippen LogP contribution in [0.15, 0.2) is 48.5 Å². The van der Waals surface area contributed by atoms with E-state index in [2.05, 4.69) is 27.1 Å². The highest BCUT2D eigenvalue weighted by atomic mass is 32.2. The number of amides is 1. The highest BCUT2D eigenvalue weighted by Crippen LogP contribution is 2.28. The summed E-state index contributed by atoms with van der Waals surface area (Å²) >= 11 is 0. The van der Waals surface area contributed by atoms with E-state index in [0.717, 1.165) is 56.8 Å². The molecule has 8 heteroatoms. The van der Waals surface area contributed by atoms with Crippen LogP contribution >= 0.6 is 0 Å². The molecule has 7 nitrogen and oxygen atoms in total. The first-order chi connectivity index (χ1) is 17.8. The molecule has 2 aliphatic rings. The van der Waals surface area contributed by atoms with Crippen molar-refractivity contribution in [1.29, 1.82) is 0 Å². The number of carbonyl (C=O) groups is 1. The van der Waals surface area contributed by atoms with Crippen LogP contribution in [-0.2, 0) is 21.4 Å². The van der Waals surface area contributed by atoms with Crippen LogP contribution in [-0.4, -0.2) is 44.6 Å². The normalized spacial score (nSPS) is 17.9. The molecule has 0 spiro atoms. The maximum Gasteiger partial charge on any atom is 0.229 e. The van der Waals surface area contributed by atoms with E-state index >= 15 is 0 Å². The van der Waals surface area contributed by atoms with Crippen LogP contribution in [0.5, 0.6) is 11.5 Å². The maximum absolute atomic E-state index is 12.4. The highest BCUT2D eigenvalue weighted by molar-refractivity contribution is 7.92. The van der Waals surface area contributed by atoms with Gasteiger partial charge in [-0.2, -0.15) is 0 Å². The Labute approximate surface area is 222 Å². The van der Waals surface area contributed by atoms with Crippen molar-refractivity contribution in [2.75, 3.05) is 24.1 Å². The van der Waals surface area contributed by atoms with Crippen molar-refractivity contribution in [2.24, 2.45) is 5.92 Å². The number of nitrogens with zero attached hydrogens (tertiary/aromatic N) is 1. The number of rotatable bonds is 11. The van der Waals surface area contributed by atoms with Crippen LogP contribution < -0.4 is 14.8 Å². The molecule has 0 atom stereocenters. The molecule has 37 heavy (non-hydrogen) atoms. The minimum atomic E-state index is -3.30. The second kappa shape index (κ2) is 13.3. The predicted octanol–water partition coefficient (Wildman–Crippen LogP) is 5.68. The van der Waals surface area contributed by atoms with Crippen molar-refractivity contribution in [3.8, 4) is 11.5 Å². The van der Waals surface area contributed by atoms with Crippen molar-refractivity contribution < 1.29 is 17.9 Å². The number of nitrogens with one attached hydrogen (secondary N) is 2. The molecular weight excluding hydrogens is 486 g/mol. The summed E-state index contributed by atoms with van der Waals surface area (Å²) in [5, 5.41) is 3.27. The van der Waals surface area contributed by atoms with Gasteiger partial charge in [0.05, 0.1) is 6.26 Å². The molecule has 0 unspecified atom stereocenters. The van der Waals surface area contributed by atoms with E-state index in [4.69, 9.17) is 4.74 Å². The van der Waals surface area contributed by atoms with Gasteiger partial charge in [-0.15, -0.1) is 0 Å². The first kappa shape index (κ1) is 27.5. The topological polar surface area (TPSA) is 87.7 Å². The smallest absolute Gasteiger partial charge is 0.229 e. The second-order valence-corrected chi connectivity index (χ2v) is 12.4. The molecule has 1 saturated heterocycles. The molecule has 2 aromatic rings. The summed E-state index contributed by atoms with van der Waals surface area (Å²) in [6, 6.07) is 15.2. The van der Waals surface area contributed by atoms with E-state index in [1.807, 2.05) is 12.1 Å². The van der Waals surface area contributed by atoms with Crippen molar-refractivity contribution >= 4 is 21.6 Å². The zero-order valence-corrected chi connectivity index (χ0v) is 22.8. The molecule has 0 bridgehead atoms. The van der Waals surface area contributed by atoms with E-state index in [1.54, 1.807) is 24.3 Å². The SMILES string of the molecule is CS(=O)(=O)Nc1ccc(Oc2ccc(CN3CCC(NC(=O)CCCC4CCCCC4)CC3)cc2)cc1. The van der Waals surface area contributed by atoms with Crippen LogP contribution in [0.2, 0.25) is 0 Å². The molecular formula is C29H41N3O4S. The molecule has 2 N–H and O–H groups in total. The Morgan fingerprint density at radius 3 is 2.16 bits per heavy atom. The van der Waals surface area contributed by atoms with Crippen LogP contribution in [0.25, 0.3) is 0 Å². The van der Waals surface area contributed by atoms with Crippen LogP contribution in [0, 0.1) is 5.92 Å². The zero-order chi connectivity index (χ0) is 26.1. The summed E-state index contributed by atoms with van der Waals surface area (Å²) in [6.45, 7) is 2.85. The molecule has 1 heterocycles. The number of hydrogen-bond donors (Lipinski definition) is 2. The number of carbonyl (C=O) groups excluding carboxylic acids is 1. The van der Waals surface area contributed by atoms with Gasteiger partial charge in [0.1, 0.15) is 11.5 Å². The summed E-state index contributed by atoms with van der Waals surface area (Å²) in [6.07, 6.45) is 12.9. The molecule has 202 valence electrons. The van der Waals surface area contributed by atoms with Gasteiger partial charge < -0.3 is 10.1 Å². The molecule has 2 aromatic carbocycles. The van der Waals surface area contributed by atoms with E-state index in [-0.39, 0.29) is 5.91 Å². The highest BCUT2D eigenvalue weighted by Gasteiger charge is 2.21. The van der Waals surface area contributed by atoms with Gasteiger partial charge in [-0.3, -0.25) is 14.4 Å². The number of anilines is 1. The number of ether oxygens (including phenoxy) is 1. The maximum atomic E-state index is 12.4. The molecule has 0 aromatic heterocycles. The van der Waals surface area contributed by atoms with E-state index in [1.165, 1.54) is 44.1 Å². The Morgan fingerprint density at radius 2 is 1.54 bits per heavy atom. The standard InChI is InChI=1S/C29H41N3O4S/c1-37(34,35)31-26-12-16-28(17-13-26)36-27-14-10-24(11-15-27)22-32-20-18-25(19-21-32)30-29(33)9-5-8-23-6-3-2-4-7-23/h10-17,23,25,31H,2-9,18-22H2,1H3,(H,30,33). The number of piperidine rings is 1. The van der Waals surface area contributed by atoms with Crippen molar-refractivity contribution in [1.82, 2.24) is 10.2 Å². The summed E-state index contributed by atoms with van der Waals surface area (Å²) in [7, 11) is -3.30. The van der Waals surface area contributed by atoms with Crippen molar-refractivity contribution in [3.63, 3.8) is 0 Å². The molecule has 1 amide bonds. The third kappa shape index (κ3) is 9.67. The lowest BCUT2D eigenvalue weighted by Crippen LogP contribution is -2.44. The first-order valence-electron chi connectivity index (χ1n) is 13.7. The second-order valence-electron chi connectivity index (χ2n) is 10.7. The van der Waals surface area contributed by atoms with Crippen molar-refractivity contribution in [3.05, 3.63) is 54.1 Å². The summed E-state index contributed by atoms with van der Waals surface area (Å²) in [5.74, 6) is 2.46. The lowest BCUT2D eigenvalue weighted by atomic mass is 9.86. The molecule has 1 aliphatic carbocycles. The predicted molar refractivity (Wildman–Crippen MR) is 148 cm³/mol. The minimum Gasteiger partial charge on any atom is -0.457 e. The largest absolute Gasteiger partial charge is 0.457 e. The van der Waals surface area contributed by atoms with Crippen LogP contribution in [0.4, 0.5) is 5.69 Å². The number of benzene rings is 2. The summed E-state index contributed by atoms with van der Waals surface area (Å²) in [4.78, 5) is 14.8. The van der Waals surface area contributed by atoms with Gasteiger partial charge in [-0.25, -0.2) is 8.42 Å². The van der Waals surface area contributed by atoms with Gasteiger partial charge in [0, 0.05) is 37.8 Å². The van der Waals surface area contributed by atoms with Gasteiger partial charge in [-0.05, 0) is 73.6 Å². The number of likely N-dealkylation sites (tertiary alicyclic amines) is 1. The molecule has 0 radical (unpaired) electrons. The Bertz CT molecular complexity index is 1090. The van der Waals surface area contributed by atoms with Crippen LogP contribution in [0.3, 0.4) is 0 Å². The van der Waals surface area contributed by atoms with E-state index in [0.29, 0.717) is 23.9 Å². The Kier molecular flexibility index (Phi) is 9.86. The van der Waals surface area contributed by atoms with Gasteiger partial charge in [0.2, 0.25) is 15.9 Å². The Balaban J connectivity index is 1.14. The summed E-state index contributed by atoms with van der Waals surface area (Å²) < 4.78 is 31.0. The number of sulfonamides is 1. The minimum absolute atomic E-state index is 0.228. The zero-order valence-electron chi connectivity index (χ0n) is 22.0. The molecule has 4 rings (SSSR count). The third-order valence-corrected chi connectivity index (χ3v) is 8.02. The summed E-state index contributed by atoms with van der Waals surface area (Å²) in [5.41, 5.74) is 1.73. The fourth-order valence-electron chi connectivity index (χ4n) is 5.42. The van der Waals surface area contributed by atoms with Gasteiger partial charge in [0.15, 0.2) is 0 Å². The van der Waals surface area contributed by atoms with E-state index in [9.17, 15) is 13.2 Å². The fraction of sp³-hybridized carbons (Fsp3) is 0.552. The quantitative estimate of drug-likeness (QED) is 0.392. The monoisotopic (exact) mass is 527 g/mol. The number of hydrogen-bond acceptors (Lipinski definition) is 5. The van der Waals surface area contributed by atoms with Gasteiger partial charge in [-0.1, -0.05) is 44.2 Å². The lowest BCUT2D eigenvalue weighted by Gasteiger charge is -2.32. The van der Waals surface area contributed by atoms with Gasteiger partial charge >= 0.3 is 0 Å². The fourth-order valence-corrected chi connectivity index (χ4v) is 5.99. The first-order valence-corrected chi connectivity index (χ1v) is 15.6. The van der Waals surface area contributed by atoms with Gasteiger partial charge in [0.25, 0.3) is 0 Å². The van der Waals surface area contributed by atoms with Crippen molar-refractivity contribution in [2.45, 2.75) is 76.8 Å². The lowest BCUT2D eigenvalue weighted by molar-refractivity contribution is -0.122. The molecule has 1 aliphatic heterocycles. The van der Waals surface area contributed by atoms with Crippen LogP contribution in [0.1, 0.15) is 69.8 Å². The third-order valence-electron chi connectivity index (χ3n) is 7.42. The molecule has 2 fully saturated rings. The van der Waals surface area contributed by atoms with E-state index < -0.39 is 10.0 Å². The average molecular weight is 528 g/mol.